The molecule has 0 saturated carbocycles. The van der Waals surface area contributed by atoms with Crippen LogP contribution in [0.15, 0.2) is 4.47 Å². The van der Waals surface area contributed by atoms with Crippen LogP contribution in [0, 0.1) is 6.92 Å². The Morgan fingerprint density at radius 3 is 2.50 bits per heavy atom. The molecule has 0 unspecified atom stereocenters. The molecule has 0 aromatic heterocycles. The van der Waals surface area contributed by atoms with Gasteiger partial charge in [-0.05, 0) is 90.8 Å². The van der Waals surface area contributed by atoms with Crippen LogP contribution in [0.3, 0.4) is 0 Å². The van der Waals surface area contributed by atoms with Crippen LogP contribution in [-0.2, 0) is 19.3 Å². The summed E-state index contributed by atoms with van der Waals surface area (Å²) in [5.74, 6) is 1.04. The van der Waals surface area contributed by atoms with Crippen molar-refractivity contribution in [1.29, 1.82) is 0 Å². The van der Waals surface area contributed by atoms with E-state index in [0.717, 1.165) is 18.7 Å². The number of fused-ring (bicyclic) bond motifs is 1. The van der Waals surface area contributed by atoms with Crippen LogP contribution in [0.5, 0.6) is 5.75 Å². The Morgan fingerprint density at radius 2 is 1.89 bits per heavy atom. The first-order chi connectivity index (χ1) is 8.70. The highest BCUT2D eigenvalue weighted by atomic mass is 79.9. The average molecular weight is 312 g/mol. The summed E-state index contributed by atoms with van der Waals surface area (Å²) in [5, 5.41) is 3.22. The van der Waals surface area contributed by atoms with E-state index in [9.17, 15) is 0 Å². The number of methoxy groups -OCH3 is 1. The van der Waals surface area contributed by atoms with Crippen LogP contribution >= 0.6 is 15.9 Å². The van der Waals surface area contributed by atoms with Crippen LogP contribution in [-0.4, -0.2) is 20.7 Å². The molecule has 0 heterocycles. The molecule has 0 radical (unpaired) electrons. The third-order valence-corrected chi connectivity index (χ3v) is 4.78. The molecule has 0 saturated heterocycles. The van der Waals surface area contributed by atoms with Crippen LogP contribution < -0.4 is 10.1 Å². The topological polar surface area (TPSA) is 21.3 Å². The molecule has 0 fully saturated rings. The Labute approximate surface area is 118 Å². The van der Waals surface area contributed by atoms with Crippen molar-refractivity contribution < 1.29 is 4.74 Å². The number of likely N-dealkylation sites (N-methyl/N-ethyl adjacent to an activating group) is 1. The van der Waals surface area contributed by atoms with Crippen molar-refractivity contribution in [2.45, 2.75) is 39.0 Å². The van der Waals surface area contributed by atoms with Gasteiger partial charge >= 0.3 is 0 Å². The van der Waals surface area contributed by atoms with E-state index in [-0.39, 0.29) is 0 Å². The standard InChI is InChI=1S/C15H22BrNO/c1-10-11-6-4-5-7-13(11)14(16)15(18-3)12(10)8-9-17-2/h17H,4-9H2,1-3H3. The number of hydrogen-bond acceptors (Lipinski definition) is 2. The fourth-order valence-corrected chi connectivity index (χ4v) is 3.79. The van der Waals surface area contributed by atoms with E-state index in [0.29, 0.717) is 0 Å². The molecular formula is C15H22BrNO. The Balaban J connectivity index is 2.53. The number of ether oxygens (including phenoxy) is 1. The molecule has 1 N–H and O–H groups in total. The fraction of sp³-hybridized carbons (Fsp3) is 0.600. The molecule has 1 aliphatic rings. The highest BCUT2D eigenvalue weighted by Gasteiger charge is 2.22. The predicted octanol–water partition coefficient (Wildman–Crippen LogP) is 3.41. The first-order valence-corrected chi connectivity index (χ1v) is 7.51. The van der Waals surface area contributed by atoms with Crippen molar-refractivity contribution in [2.24, 2.45) is 0 Å². The van der Waals surface area contributed by atoms with Gasteiger partial charge in [0.15, 0.2) is 0 Å². The summed E-state index contributed by atoms with van der Waals surface area (Å²) in [6.07, 6.45) is 6.04. The molecule has 0 amide bonds. The molecule has 0 atom stereocenters. The minimum atomic E-state index is 0.989. The highest BCUT2D eigenvalue weighted by Crippen LogP contribution is 2.41. The van der Waals surface area contributed by atoms with Crippen LogP contribution in [0.4, 0.5) is 0 Å². The van der Waals surface area contributed by atoms with Gasteiger partial charge in [-0.15, -0.1) is 0 Å². The zero-order valence-corrected chi connectivity index (χ0v) is 13.1. The van der Waals surface area contributed by atoms with E-state index in [1.54, 1.807) is 12.7 Å². The van der Waals surface area contributed by atoms with Crippen molar-refractivity contribution in [2.75, 3.05) is 20.7 Å². The van der Waals surface area contributed by atoms with Crippen molar-refractivity contribution in [3.05, 3.63) is 26.7 Å². The lowest BCUT2D eigenvalue weighted by atomic mass is 9.85. The summed E-state index contributed by atoms with van der Waals surface area (Å²) in [6, 6.07) is 0. The Morgan fingerprint density at radius 1 is 1.22 bits per heavy atom. The molecule has 2 nitrogen and oxygen atoms in total. The first kappa shape index (κ1) is 13.9. The van der Waals surface area contributed by atoms with Crippen molar-refractivity contribution >= 4 is 15.9 Å². The minimum absolute atomic E-state index is 0.989. The van der Waals surface area contributed by atoms with Gasteiger partial charge in [0.25, 0.3) is 0 Å². The number of nitrogens with one attached hydrogen (secondary N) is 1. The summed E-state index contributed by atoms with van der Waals surface area (Å²) in [7, 11) is 3.77. The first-order valence-electron chi connectivity index (χ1n) is 6.72. The molecule has 2 rings (SSSR count). The van der Waals surface area contributed by atoms with Crippen LogP contribution in [0.25, 0.3) is 0 Å². The Hall–Kier alpha value is -0.540. The van der Waals surface area contributed by atoms with Gasteiger partial charge in [0, 0.05) is 0 Å². The average Bonchev–Trinajstić information content (AvgIpc) is 2.41. The zero-order valence-electron chi connectivity index (χ0n) is 11.5. The summed E-state index contributed by atoms with van der Waals surface area (Å²) < 4.78 is 6.84. The van der Waals surface area contributed by atoms with E-state index >= 15 is 0 Å². The maximum absolute atomic E-state index is 5.65. The van der Waals surface area contributed by atoms with Crippen molar-refractivity contribution in [3.8, 4) is 5.75 Å². The second-order valence-electron chi connectivity index (χ2n) is 4.97. The lowest BCUT2D eigenvalue weighted by Gasteiger charge is -2.25. The maximum Gasteiger partial charge on any atom is 0.136 e. The maximum atomic E-state index is 5.65. The second-order valence-corrected chi connectivity index (χ2v) is 5.76. The minimum Gasteiger partial charge on any atom is -0.495 e. The third kappa shape index (κ3) is 2.43. The molecule has 0 spiro atoms. The number of rotatable bonds is 4. The molecule has 18 heavy (non-hydrogen) atoms. The van der Waals surface area contributed by atoms with Gasteiger partial charge in [0.05, 0.1) is 11.6 Å². The van der Waals surface area contributed by atoms with Gasteiger partial charge < -0.3 is 10.1 Å². The summed E-state index contributed by atoms with van der Waals surface area (Å²) >= 11 is 3.76. The lowest BCUT2D eigenvalue weighted by Crippen LogP contribution is -2.15. The van der Waals surface area contributed by atoms with Gasteiger partial charge in [-0.1, -0.05) is 0 Å². The van der Waals surface area contributed by atoms with E-state index in [1.807, 2.05) is 7.05 Å². The van der Waals surface area contributed by atoms with E-state index in [2.05, 4.69) is 28.2 Å². The highest BCUT2D eigenvalue weighted by molar-refractivity contribution is 9.10. The molecule has 3 heteroatoms. The van der Waals surface area contributed by atoms with Crippen LogP contribution in [0.1, 0.15) is 35.1 Å². The van der Waals surface area contributed by atoms with E-state index in [4.69, 9.17) is 4.74 Å². The lowest BCUT2D eigenvalue weighted by molar-refractivity contribution is 0.404. The smallest absolute Gasteiger partial charge is 0.136 e. The number of halogens is 1. The summed E-state index contributed by atoms with van der Waals surface area (Å²) in [4.78, 5) is 0. The molecule has 0 bridgehead atoms. The molecule has 1 aromatic rings. The summed E-state index contributed by atoms with van der Waals surface area (Å²) in [6.45, 7) is 3.24. The van der Waals surface area contributed by atoms with Gasteiger partial charge in [0.1, 0.15) is 5.75 Å². The SMILES string of the molecule is CNCCc1c(C)c2c(c(Br)c1OC)CCCC2. The van der Waals surface area contributed by atoms with Crippen molar-refractivity contribution in [3.63, 3.8) is 0 Å². The Bertz CT molecular complexity index is 443. The third-order valence-electron chi connectivity index (χ3n) is 3.94. The van der Waals surface area contributed by atoms with E-state index in [1.165, 1.54) is 46.8 Å². The normalized spacial score (nSPS) is 14.4. The van der Waals surface area contributed by atoms with Gasteiger partial charge in [-0.2, -0.15) is 0 Å². The number of benzene rings is 1. The Kier molecular flexibility index (Phi) is 4.68. The quantitative estimate of drug-likeness (QED) is 0.920. The zero-order chi connectivity index (χ0) is 13.1. The molecule has 1 aliphatic carbocycles. The molecular weight excluding hydrogens is 290 g/mol. The molecule has 1 aromatic carbocycles. The number of hydrogen-bond donors (Lipinski definition) is 1. The van der Waals surface area contributed by atoms with Gasteiger partial charge in [-0.25, -0.2) is 0 Å². The largest absolute Gasteiger partial charge is 0.495 e. The van der Waals surface area contributed by atoms with Gasteiger partial charge in [0.2, 0.25) is 0 Å². The fourth-order valence-electron chi connectivity index (χ4n) is 2.95. The van der Waals surface area contributed by atoms with E-state index < -0.39 is 0 Å². The summed E-state index contributed by atoms with van der Waals surface area (Å²) in [5.41, 5.74) is 5.84. The van der Waals surface area contributed by atoms with Crippen molar-refractivity contribution in [1.82, 2.24) is 5.32 Å². The second kappa shape index (κ2) is 6.07. The van der Waals surface area contributed by atoms with Gasteiger partial charge in [-0.3, -0.25) is 0 Å². The van der Waals surface area contributed by atoms with Crippen LogP contribution in [0.2, 0.25) is 0 Å². The monoisotopic (exact) mass is 311 g/mol. The predicted molar refractivity (Wildman–Crippen MR) is 79.7 cm³/mol. The molecule has 100 valence electrons. The molecule has 0 aliphatic heterocycles.